The van der Waals surface area contributed by atoms with Crippen molar-refractivity contribution in [3.8, 4) is 0 Å². The fraction of sp³-hybridized carbons (Fsp3) is 0.519. The zero-order valence-corrected chi connectivity index (χ0v) is 20.5. The number of piperazine rings is 1. The summed E-state index contributed by atoms with van der Waals surface area (Å²) in [5.74, 6) is 0.559. The number of amides is 1. The third-order valence-electron chi connectivity index (χ3n) is 6.25. The minimum atomic E-state index is 0.183. The number of hydrogen-bond acceptors (Lipinski definition) is 3. The molecule has 0 aliphatic carbocycles. The third kappa shape index (κ3) is 6.57. The summed E-state index contributed by atoms with van der Waals surface area (Å²) in [6.45, 7) is 20.3. The highest BCUT2D eigenvalue weighted by molar-refractivity contribution is 5.81. The summed E-state index contributed by atoms with van der Waals surface area (Å²) in [6.07, 6.45) is 2.74. The maximum atomic E-state index is 12.4. The van der Waals surface area contributed by atoms with E-state index in [4.69, 9.17) is 4.74 Å². The maximum Gasteiger partial charge on any atom is 0.225 e. The normalized spacial score (nSPS) is 18.3. The predicted octanol–water partition coefficient (Wildman–Crippen LogP) is 5.45. The van der Waals surface area contributed by atoms with Crippen molar-refractivity contribution in [3.63, 3.8) is 0 Å². The average Bonchev–Trinajstić information content (AvgIpc) is 2.74. The van der Waals surface area contributed by atoms with Crippen molar-refractivity contribution in [3.05, 3.63) is 64.9 Å². The Morgan fingerprint density at radius 1 is 1.29 bits per heavy atom. The van der Waals surface area contributed by atoms with E-state index in [9.17, 15) is 4.79 Å². The van der Waals surface area contributed by atoms with Crippen LogP contribution in [0.1, 0.15) is 52.2 Å². The first-order valence-electron chi connectivity index (χ1n) is 11.3. The van der Waals surface area contributed by atoms with Crippen LogP contribution in [0.2, 0.25) is 0 Å². The van der Waals surface area contributed by atoms with Crippen LogP contribution in [0.25, 0.3) is 5.57 Å². The fourth-order valence-electron chi connectivity index (χ4n) is 4.02. The van der Waals surface area contributed by atoms with Crippen molar-refractivity contribution in [2.24, 2.45) is 5.92 Å². The Bertz CT molecular complexity index is 851. The second-order valence-corrected chi connectivity index (χ2v) is 9.00. The third-order valence-corrected chi connectivity index (χ3v) is 6.25. The van der Waals surface area contributed by atoms with Gasteiger partial charge < -0.3 is 14.5 Å². The Labute approximate surface area is 189 Å². The smallest absolute Gasteiger partial charge is 0.225 e. The minimum Gasteiger partial charge on any atom is -0.384 e. The van der Waals surface area contributed by atoms with Crippen molar-refractivity contribution in [2.45, 2.75) is 54.0 Å². The molecule has 0 radical (unpaired) electrons. The SMILES string of the molecule is C=C(/C(=C\C(C)=C(/C)N1CCN(C(=O)CCOC)C(C)C1)c1cccc(C)c1)C(C)C. The molecular weight excluding hydrogens is 384 g/mol. The molecule has 31 heavy (non-hydrogen) atoms. The van der Waals surface area contributed by atoms with Crippen molar-refractivity contribution < 1.29 is 9.53 Å². The van der Waals surface area contributed by atoms with Gasteiger partial charge in [-0.1, -0.05) is 50.3 Å². The highest BCUT2D eigenvalue weighted by Gasteiger charge is 2.27. The number of rotatable bonds is 8. The van der Waals surface area contributed by atoms with Crippen molar-refractivity contribution in [2.75, 3.05) is 33.4 Å². The molecule has 2 rings (SSSR count). The number of aryl methyl sites for hydroxylation is 1. The molecule has 1 aliphatic rings. The number of nitrogens with zero attached hydrogens (tertiary/aromatic N) is 2. The lowest BCUT2D eigenvalue weighted by molar-refractivity contribution is -0.136. The molecule has 170 valence electrons. The molecule has 1 heterocycles. The van der Waals surface area contributed by atoms with Gasteiger partial charge in [0.15, 0.2) is 0 Å². The second-order valence-electron chi connectivity index (χ2n) is 9.00. The summed E-state index contributed by atoms with van der Waals surface area (Å²) < 4.78 is 5.07. The summed E-state index contributed by atoms with van der Waals surface area (Å²) in [6, 6.07) is 8.82. The van der Waals surface area contributed by atoms with Crippen molar-refractivity contribution >= 4 is 11.5 Å². The van der Waals surface area contributed by atoms with Gasteiger partial charge in [0.05, 0.1) is 13.0 Å². The molecule has 0 saturated carbocycles. The van der Waals surface area contributed by atoms with Gasteiger partial charge in [0.1, 0.15) is 0 Å². The molecule has 1 atom stereocenters. The van der Waals surface area contributed by atoms with E-state index >= 15 is 0 Å². The highest BCUT2D eigenvalue weighted by Crippen LogP contribution is 2.30. The molecule has 1 aromatic rings. The average molecular weight is 425 g/mol. The number of hydrogen-bond donors (Lipinski definition) is 0. The molecule has 1 aromatic carbocycles. The largest absolute Gasteiger partial charge is 0.384 e. The van der Waals surface area contributed by atoms with Crippen LogP contribution in [0.15, 0.2) is 53.8 Å². The number of ether oxygens (including phenoxy) is 1. The summed E-state index contributed by atoms with van der Waals surface area (Å²) in [5, 5.41) is 0. The van der Waals surface area contributed by atoms with Crippen LogP contribution in [-0.2, 0) is 9.53 Å². The summed E-state index contributed by atoms with van der Waals surface area (Å²) in [5.41, 5.74) is 7.33. The minimum absolute atomic E-state index is 0.183. The molecule has 0 spiro atoms. The van der Waals surface area contributed by atoms with E-state index in [1.165, 1.54) is 28.0 Å². The molecule has 1 amide bonds. The van der Waals surface area contributed by atoms with E-state index in [1.807, 2.05) is 4.90 Å². The topological polar surface area (TPSA) is 32.8 Å². The van der Waals surface area contributed by atoms with E-state index in [1.54, 1.807) is 7.11 Å². The Kier molecular flexibility index (Phi) is 9.12. The van der Waals surface area contributed by atoms with Gasteiger partial charge >= 0.3 is 0 Å². The number of methoxy groups -OCH3 is 1. The summed E-state index contributed by atoms with van der Waals surface area (Å²) in [7, 11) is 1.64. The molecule has 0 N–H and O–H groups in total. The Hall–Kier alpha value is -2.33. The van der Waals surface area contributed by atoms with E-state index in [0.717, 1.165) is 25.2 Å². The molecule has 1 aliphatic heterocycles. The van der Waals surface area contributed by atoms with Crippen LogP contribution < -0.4 is 0 Å². The lowest BCUT2D eigenvalue weighted by Gasteiger charge is -2.42. The van der Waals surface area contributed by atoms with Crippen molar-refractivity contribution in [1.29, 1.82) is 0 Å². The van der Waals surface area contributed by atoms with Gasteiger partial charge in [-0.15, -0.1) is 0 Å². The van der Waals surface area contributed by atoms with Gasteiger partial charge in [-0.3, -0.25) is 4.79 Å². The first kappa shape index (κ1) is 24.9. The van der Waals surface area contributed by atoms with Crippen LogP contribution >= 0.6 is 0 Å². The molecule has 4 heteroatoms. The predicted molar refractivity (Wildman–Crippen MR) is 131 cm³/mol. The zero-order chi connectivity index (χ0) is 23.1. The van der Waals surface area contributed by atoms with Gasteiger partial charge in [-0.05, 0) is 62.0 Å². The molecule has 1 fully saturated rings. The van der Waals surface area contributed by atoms with E-state index in [0.29, 0.717) is 18.9 Å². The summed E-state index contributed by atoms with van der Waals surface area (Å²) >= 11 is 0. The van der Waals surface area contributed by atoms with Crippen LogP contribution in [0.5, 0.6) is 0 Å². The zero-order valence-electron chi connectivity index (χ0n) is 20.5. The Morgan fingerprint density at radius 2 is 2.00 bits per heavy atom. The lowest BCUT2D eigenvalue weighted by atomic mass is 9.89. The summed E-state index contributed by atoms with van der Waals surface area (Å²) in [4.78, 5) is 16.8. The maximum absolute atomic E-state index is 12.4. The quantitative estimate of drug-likeness (QED) is 0.520. The Balaban J connectivity index is 2.26. The highest BCUT2D eigenvalue weighted by atomic mass is 16.5. The van der Waals surface area contributed by atoms with E-state index < -0.39 is 0 Å². The first-order chi connectivity index (χ1) is 14.6. The van der Waals surface area contributed by atoms with Crippen LogP contribution in [-0.4, -0.2) is 55.1 Å². The van der Waals surface area contributed by atoms with Crippen LogP contribution in [0.3, 0.4) is 0 Å². The standard InChI is InChI=1S/C27H40N2O2/c1-19(2)23(6)26(25-11-9-10-20(3)16-25)17-21(4)24(7)28-13-14-29(22(5)18-28)27(30)12-15-31-8/h9-11,16-17,19,22H,6,12-15,18H2,1-5,7-8H3/b24-21+,26-17+. The molecule has 4 nitrogen and oxygen atoms in total. The van der Waals surface area contributed by atoms with Crippen LogP contribution in [0.4, 0.5) is 0 Å². The van der Waals surface area contributed by atoms with Gasteiger partial charge in [0, 0.05) is 38.5 Å². The fourth-order valence-corrected chi connectivity index (χ4v) is 4.02. The number of carbonyl (C=O) groups excluding carboxylic acids is 1. The van der Waals surface area contributed by atoms with E-state index in [-0.39, 0.29) is 11.9 Å². The van der Waals surface area contributed by atoms with Gasteiger partial charge in [0.25, 0.3) is 0 Å². The second kappa shape index (κ2) is 11.3. The molecule has 1 unspecified atom stereocenters. The first-order valence-corrected chi connectivity index (χ1v) is 11.3. The van der Waals surface area contributed by atoms with Crippen LogP contribution in [0, 0.1) is 12.8 Å². The monoisotopic (exact) mass is 424 g/mol. The number of benzene rings is 1. The van der Waals surface area contributed by atoms with Gasteiger partial charge in [0.2, 0.25) is 5.91 Å². The van der Waals surface area contributed by atoms with Crippen molar-refractivity contribution in [1.82, 2.24) is 9.80 Å². The number of allylic oxidation sites excluding steroid dienone is 5. The van der Waals surface area contributed by atoms with E-state index in [2.05, 4.69) is 83.4 Å². The molecule has 0 bridgehead atoms. The number of carbonyl (C=O) groups is 1. The molecule has 0 aromatic heterocycles. The van der Waals surface area contributed by atoms with Gasteiger partial charge in [-0.25, -0.2) is 0 Å². The lowest BCUT2D eigenvalue weighted by Crippen LogP contribution is -2.53. The Morgan fingerprint density at radius 3 is 2.58 bits per heavy atom. The van der Waals surface area contributed by atoms with Gasteiger partial charge in [-0.2, -0.15) is 0 Å². The molecular formula is C27H40N2O2. The molecule has 1 saturated heterocycles.